The first-order chi connectivity index (χ1) is 10.9. The number of aryl methyl sites for hydroxylation is 1. The maximum atomic E-state index is 12.2. The molecule has 2 rings (SSSR count). The van der Waals surface area contributed by atoms with Crippen LogP contribution in [-0.4, -0.2) is 16.9 Å². The van der Waals surface area contributed by atoms with Crippen LogP contribution >= 0.6 is 0 Å². The van der Waals surface area contributed by atoms with E-state index in [1.807, 2.05) is 13.8 Å². The van der Waals surface area contributed by atoms with Crippen LogP contribution in [0.3, 0.4) is 0 Å². The normalized spacial score (nSPS) is 10.4. The predicted octanol–water partition coefficient (Wildman–Crippen LogP) is 3.94. The highest BCUT2D eigenvalue weighted by Gasteiger charge is 2.16. The number of hydrogen-bond donors (Lipinski definition) is 1. The second-order valence-electron chi connectivity index (χ2n) is 5.42. The van der Waals surface area contributed by atoms with Crippen LogP contribution in [0.15, 0.2) is 42.5 Å². The van der Waals surface area contributed by atoms with E-state index in [4.69, 9.17) is 4.74 Å². The second-order valence-corrected chi connectivity index (χ2v) is 5.42. The van der Waals surface area contributed by atoms with E-state index in [2.05, 4.69) is 5.32 Å². The van der Waals surface area contributed by atoms with E-state index in [-0.39, 0.29) is 17.5 Å². The third kappa shape index (κ3) is 4.29. The fourth-order valence-electron chi connectivity index (χ4n) is 2.05. The van der Waals surface area contributed by atoms with Crippen molar-refractivity contribution in [3.63, 3.8) is 0 Å². The van der Waals surface area contributed by atoms with Crippen LogP contribution in [-0.2, 0) is 0 Å². The highest BCUT2D eigenvalue weighted by atomic mass is 16.6. The molecule has 6 nitrogen and oxygen atoms in total. The van der Waals surface area contributed by atoms with Gasteiger partial charge in [-0.05, 0) is 56.7 Å². The summed E-state index contributed by atoms with van der Waals surface area (Å²) < 4.78 is 5.51. The van der Waals surface area contributed by atoms with Crippen LogP contribution in [0, 0.1) is 17.0 Å². The summed E-state index contributed by atoms with van der Waals surface area (Å²) in [6.07, 6.45) is 0.0462. The second kappa shape index (κ2) is 6.91. The molecule has 0 atom stereocenters. The molecule has 0 saturated heterocycles. The van der Waals surface area contributed by atoms with Crippen molar-refractivity contribution < 1.29 is 14.5 Å². The minimum atomic E-state index is -0.512. The molecule has 0 spiro atoms. The Labute approximate surface area is 134 Å². The monoisotopic (exact) mass is 314 g/mol. The summed E-state index contributed by atoms with van der Waals surface area (Å²) in [7, 11) is 0. The lowest BCUT2D eigenvalue weighted by Crippen LogP contribution is -2.13. The summed E-state index contributed by atoms with van der Waals surface area (Å²) in [6.45, 7) is 5.58. The van der Waals surface area contributed by atoms with Crippen molar-refractivity contribution in [2.75, 3.05) is 5.32 Å². The van der Waals surface area contributed by atoms with E-state index in [1.54, 1.807) is 37.3 Å². The SMILES string of the molecule is Cc1ccc(NC(=O)c2ccc(OC(C)C)cc2)c([N+](=O)[O-])c1. The number of nitrogens with zero attached hydrogens (tertiary/aromatic N) is 1. The van der Waals surface area contributed by atoms with Gasteiger partial charge in [0, 0.05) is 11.6 Å². The zero-order valence-corrected chi connectivity index (χ0v) is 13.2. The Bertz CT molecular complexity index is 724. The van der Waals surface area contributed by atoms with Crippen molar-refractivity contribution in [1.29, 1.82) is 0 Å². The van der Waals surface area contributed by atoms with Gasteiger partial charge in [-0.15, -0.1) is 0 Å². The molecule has 0 saturated carbocycles. The minimum Gasteiger partial charge on any atom is -0.491 e. The van der Waals surface area contributed by atoms with Crippen LogP contribution in [0.2, 0.25) is 0 Å². The Morgan fingerprint density at radius 1 is 1.17 bits per heavy atom. The predicted molar refractivity (Wildman–Crippen MR) is 88.0 cm³/mol. The molecule has 120 valence electrons. The van der Waals surface area contributed by atoms with Gasteiger partial charge in [0.2, 0.25) is 0 Å². The quantitative estimate of drug-likeness (QED) is 0.669. The number of nitrogens with one attached hydrogen (secondary N) is 1. The largest absolute Gasteiger partial charge is 0.491 e. The molecule has 23 heavy (non-hydrogen) atoms. The number of hydrogen-bond acceptors (Lipinski definition) is 4. The molecule has 0 aliphatic carbocycles. The number of carbonyl (C=O) groups is 1. The summed E-state index contributed by atoms with van der Waals surface area (Å²) in [6, 6.07) is 11.3. The molecular formula is C17H18N2O4. The first-order valence-corrected chi connectivity index (χ1v) is 7.20. The number of benzene rings is 2. The van der Waals surface area contributed by atoms with Crippen molar-refractivity contribution in [2.45, 2.75) is 26.9 Å². The summed E-state index contributed by atoms with van der Waals surface area (Å²) >= 11 is 0. The number of nitro groups is 1. The number of amides is 1. The Morgan fingerprint density at radius 3 is 2.39 bits per heavy atom. The molecule has 1 N–H and O–H groups in total. The van der Waals surface area contributed by atoms with Gasteiger partial charge in [0.05, 0.1) is 11.0 Å². The van der Waals surface area contributed by atoms with Gasteiger partial charge in [-0.3, -0.25) is 14.9 Å². The Morgan fingerprint density at radius 2 is 1.83 bits per heavy atom. The van der Waals surface area contributed by atoms with E-state index in [0.29, 0.717) is 11.3 Å². The Hall–Kier alpha value is -2.89. The van der Waals surface area contributed by atoms with Gasteiger partial charge >= 0.3 is 0 Å². The fourth-order valence-corrected chi connectivity index (χ4v) is 2.05. The molecule has 0 aliphatic rings. The van der Waals surface area contributed by atoms with Crippen LogP contribution in [0.4, 0.5) is 11.4 Å². The third-order valence-corrected chi connectivity index (χ3v) is 3.09. The van der Waals surface area contributed by atoms with Crippen LogP contribution in [0.5, 0.6) is 5.75 Å². The first-order valence-electron chi connectivity index (χ1n) is 7.20. The number of ether oxygens (including phenoxy) is 1. The average Bonchev–Trinajstić information content (AvgIpc) is 2.49. The van der Waals surface area contributed by atoms with Gasteiger partial charge in [0.15, 0.2) is 0 Å². The maximum Gasteiger partial charge on any atom is 0.293 e. The number of anilines is 1. The molecule has 0 heterocycles. The highest BCUT2D eigenvalue weighted by molar-refractivity contribution is 6.05. The lowest BCUT2D eigenvalue weighted by Gasteiger charge is -2.10. The third-order valence-electron chi connectivity index (χ3n) is 3.09. The zero-order chi connectivity index (χ0) is 17.0. The lowest BCUT2D eigenvalue weighted by molar-refractivity contribution is -0.384. The number of nitro benzene ring substituents is 1. The minimum absolute atomic E-state index is 0.0462. The van der Waals surface area contributed by atoms with Gasteiger partial charge in [0.25, 0.3) is 11.6 Å². The summed E-state index contributed by atoms with van der Waals surface area (Å²) in [5, 5.41) is 13.7. The fraction of sp³-hybridized carbons (Fsp3) is 0.235. The van der Waals surface area contributed by atoms with Gasteiger partial charge < -0.3 is 10.1 Å². The molecular weight excluding hydrogens is 296 g/mol. The lowest BCUT2D eigenvalue weighted by atomic mass is 10.1. The Balaban J connectivity index is 2.18. The molecule has 6 heteroatoms. The topological polar surface area (TPSA) is 81.5 Å². The van der Waals surface area contributed by atoms with Crippen molar-refractivity contribution in [1.82, 2.24) is 0 Å². The van der Waals surface area contributed by atoms with Crippen molar-refractivity contribution in [2.24, 2.45) is 0 Å². The molecule has 0 radical (unpaired) electrons. The molecule has 0 bridgehead atoms. The zero-order valence-electron chi connectivity index (χ0n) is 13.2. The van der Waals surface area contributed by atoms with E-state index in [1.165, 1.54) is 12.1 Å². The van der Waals surface area contributed by atoms with Crippen molar-refractivity contribution in [3.05, 3.63) is 63.7 Å². The first kappa shape index (κ1) is 16.5. The van der Waals surface area contributed by atoms with E-state index in [0.717, 1.165) is 5.56 Å². The van der Waals surface area contributed by atoms with Crippen LogP contribution < -0.4 is 10.1 Å². The molecule has 0 fully saturated rings. The average molecular weight is 314 g/mol. The molecule has 0 aromatic heterocycles. The highest BCUT2D eigenvalue weighted by Crippen LogP contribution is 2.26. The Kier molecular flexibility index (Phi) is 4.95. The standard InChI is InChI=1S/C17H18N2O4/c1-11(2)23-14-7-5-13(6-8-14)17(20)18-15-9-4-12(3)10-16(15)19(21)22/h4-11H,1-3H3,(H,18,20). The maximum absolute atomic E-state index is 12.2. The molecule has 0 aliphatic heterocycles. The van der Waals surface area contributed by atoms with Crippen molar-refractivity contribution in [3.8, 4) is 5.75 Å². The van der Waals surface area contributed by atoms with E-state index in [9.17, 15) is 14.9 Å². The molecule has 2 aromatic rings. The molecule has 0 unspecified atom stereocenters. The van der Waals surface area contributed by atoms with Gasteiger partial charge in [-0.25, -0.2) is 0 Å². The molecule has 1 amide bonds. The van der Waals surface area contributed by atoms with Gasteiger partial charge in [-0.1, -0.05) is 6.07 Å². The van der Waals surface area contributed by atoms with Gasteiger partial charge in [0.1, 0.15) is 11.4 Å². The summed E-state index contributed by atoms with van der Waals surface area (Å²) in [5.41, 5.74) is 1.20. The number of rotatable bonds is 5. The molecule has 2 aromatic carbocycles. The van der Waals surface area contributed by atoms with Crippen molar-refractivity contribution >= 4 is 17.3 Å². The summed E-state index contributed by atoms with van der Waals surface area (Å²) in [5.74, 6) is 0.255. The smallest absolute Gasteiger partial charge is 0.293 e. The van der Waals surface area contributed by atoms with E-state index < -0.39 is 10.8 Å². The van der Waals surface area contributed by atoms with Gasteiger partial charge in [-0.2, -0.15) is 0 Å². The summed E-state index contributed by atoms with van der Waals surface area (Å²) in [4.78, 5) is 22.8. The van der Waals surface area contributed by atoms with E-state index >= 15 is 0 Å². The van der Waals surface area contributed by atoms with Crippen LogP contribution in [0.1, 0.15) is 29.8 Å². The number of carbonyl (C=O) groups excluding carboxylic acids is 1. The van der Waals surface area contributed by atoms with Crippen LogP contribution in [0.25, 0.3) is 0 Å².